The second-order valence-electron chi connectivity index (χ2n) is 7.26. The second-order valence-corrected chi connectivity index (χ2v) is 10.5. The predicted molar refractivity (Wildman–Crippen MR) is 89.2 cm³/mol. The zero-order valence-corrected chi connectivity index (χ0v) is 17.3. The third-order valence-electron chi connectivity index (χ3n) is 3.69. The van der Waals surface area contributed by atoms with Crippen LogP contribution in [0.25, 0.3) is 0 Å². The average molecular weight is 418 g/mol. The maximum absolute atomic E-state index is 11.8. The van der Waals surface area contributed by atoms with E-state index in [-0.39, 0.29) is 13.2 Å². The Hall–Kier alpha value is -0.340. The topological polar surface area (TPSA) is 124 Å². The normalized spacial score (nSPS) is 31.0. The Balaban J connectivity index is 2.37. The number of ether oxygens (including phenoxy) is 4. The zero-order valence-electron chi connectivity index (χ0n) is 15.6. The van der Waals surface area contributed by atoms with E-state index in [1.165, 1.54) is 0 Å². The molecule has 4 unspecified atom stereocenters. The van der Waals surface area contributed by atoms with E-state index in [0.717, 1.165) is 12.5 Å². The van der Waals surface area contributed by atoms with Gasteiger partial charge in [0.2, 0.25) is 0 Å². The summed E-state index contributed by atoms with van der Waals surface area (Å²) in [6, 6.07) is 0. The van der Waals surface area contributed by atoms with Crippen LogP contribution in [0.15, 0.2) is 0 Å². The van der Waals surface area contributed by atoms with Gasteiger partial charge in [0.15, 0.2) is 11.6 Å². The predicted octanol–water partition coefficient (Wildman–Crippen LogP) is -0.0210. The van der Waals surface area contributed by atoms with Gasteiger partial charge < -0.3 is 18.9 Å². The van der Waals surface area contributed by atoms with E-state index in [9.17, 15) is 16.8 Å². The lowest BCUT2D eigenvalue weighted by Crippen LogP contribution is -2.51. The van der Waals surface area contributed by atoms with Crippen LogP contribution in [-0.4, -0.2) is 78.6 Å². The smallest absolute Gasteiger partial charge is 0.264 e. The summed E-state index contributed by atoms with van der Waals surface area (Å²) in [6.07, 6.45) is -2.70. The average Bonchev–Trinajstić information content (AvgIpc) is 2.93. The van der Waals surface area contributed by atoms with Crippen LogP contribution in [-0.2, 0) is 47.5 Å². The fourth-order valence-electron chi connectivity index (χ4n) is 2.81. The van der Waals surface area contributed by atoms with Crippen LogP contribution >= 0.6 is 0 Å². The minimum absolute atomic E-state index is 0.00617. The van der Waals surface area contributed by atoms with Crippen molar-refractivity contribution < 1.29 is 44.1 Å². The summed E-state index contributed by atoms with van der Waals surface area (Å²) in [7, 11) is -7.93. The van der Waals surface area contributed by atoms with Gasteiger partial charge in [-0.05, 0) is 27.7 Å². The lowest BCUT2D eigenvalue weighted by atomic mass is 10.0. The summed E-state index contributed by atoms with van der Waals surface area (Å²) in [4.78, 5) is 0. The first-order valence-corrected chi connectivity index (χ1v) is 11.6. The van der Waals surface area contributed by atoms with Gasteiger partial charge >= 0.3 is 0 Å². The highest BCUT2D eigenvalue weighted by Gasteiger charge is 2.50. The molecule has 2 aliphatic heterocycles. The Bertz CT molecular complexity index is 650. The molecule has 0 saturated carbocycles. The maximum atomic E-state index is 11.8. The largest absolute Gasteiger partial charge is 0.348 e. The molecule has 0 bridgehead atoms. The van der Waals surface area contributed by atoms with Gasteiger partial charge in [-0.15, -0.1) is 0 Å². The van der Waals surface area contributed by atoms with Crippen LogP contribution in [0.4, 0.5) is 0 Å². The number of hydrogen-bond donors (Lipinski definition) is 0. The molecule has 2 saturated heterocycles. The van der Waals surface area contributed by atoms with E-state index < -0.39 is 56.2 Å². The van der Waals surface area contributed by atoms with Gasteiger partial charge in [0.1, 0.15) is 24.4 Å². The number of hydrogen-bond acceptors (Lipinski definition) is 10. The molecule has 4 atom stereocenters. The summed E-state index contributed by atoms with van der Waals surface area (Å²) in [5, 5.41) is 0. The third kappa shape index (κ3) is 6.37. The highest BCUT2D eigenvalue weighted by Crippen LogP contribution is 2.33. The molecule has 10 nitrogen and oxygen atoms in total. The molecule has 26 heavy (non-hydrogen) atoms. The zero-order chi connectivity index (χ0) is 20.0. The van der Waals surface area contributed by atoms with Crippen LogP contribution in [0.3, 0.4) is 0 Å². The molecule has 12 heteroatoms. The van der Waals surface area contributed by atoms with Crippen molar-refractivity contribution in [3.63, 3.8) is 0 Å². The highest BCUT2D eigenvalue weighted by atomic mass is 32.2. The van der Waals surface area contributed by atoms with Crippen LogP contribution in [0.2, 0.25) is 0 Å². The van der Waals surface area contributed by atoms with Gasteiger partial charge in [0.25, 0.3) is 20.2 Å². The third-order valence-corrected chi connectivity index (χ3v) is 4.83. The summed E-state index contributed by atoms with van der Waals surface area (Å²) in [6.45, 7) is 6.58. The van der Waals surface area contributed by atoms with Gasteiger partial charge in [0.05, 0.1) is 25.7 Å². The lowest BCUT2D eigenvalue weighted by Gasteiger charge is -2.32. The minimum atomic E-state index is -3.96. The van der Waals surface area contributed by atoms with E-state index in [2.05, 4.69) is 0 Å². The quantitative estimate of drug-likeness (QED) is 0.521. The molecule has 2 heterocycles. The first kappa shape index (κ1) is 22.0. The molecule has 0 aromatic carbocycles. The van der Waals surface area contributed by atoms with Crippen LogP contribution in [0, 0.1) is 0 Å². The Morgan fingerprint density at radius 3 is 1.27 bits per heavy atom. The standard InChI is InChI=1S/C14H26O10S2/c1-13(2)19-7-9(21-13)11(23-25(5,15)16)12(24-26(6,17)18)10-8-20-14(3,4)22-10/h9-12H,7-8H2,1-6H3. The molecule has 0 spiro atoms. The van der Waals surface area contributed by atoms with E-state index in [0.29, 0.717) is 0 Å². The molecule has 0 amide bonds. The van der Waals surface area contributed by atoms with Gasteiger partial charge in [-0.25, -0.2) is 0 Å². The van der Waals surface area contributed by atoms with E-state index in [1.54, 1.807) is 27.7 Å². The van der Waals surface area contributed by atoms with Crippen LogP contribution in [0.5, 0.6) is 0 Å². The van der Waals surface area contributed by atoms with Crippen molar-refractivity contribution in [2.24, 2.45) is 0 Å². The molecule has 0 N–H and O–H groups in total. The van der Waals surface area contributed by atoms with Gasteiger partial charge in [0, 0.05) is 0 Å². The van der Waals surface area contributed by atoms with Crippen molar-refractivity contribution in [3.05, 3.63) is 0 Å². The molecular formula is C14H26O10S2. The minimum Gasteiger partial charge on any atom is -0.348 e. The summed E-state index contributed by atoms with van der Waals surface area (Å²) in [5.41, 5.74) is 0. The lowest BCUT2D eigenvalue weighted by molar-refractivity contribution is -0.174. The van der Waals surface area contributed by atoms with Crippen LogP contribution in [0.1, 0.15) is 27.7 Å². The molecule has 0 aromatic rings. The van der Waals surface area contributed by atoms with Crippen molar-refractivity contribution in [1.29, 1.82) is 0 Å². The van der Waals surface area contributed by atoms with Crippen molar-refractivity contribution in [3.8, 4) is 0 Å². The van der Waals surface area contributed by atoms with E-state index in [1.807, 2.05) is 0 Å². The van der Waals surface area contributed by atoms with Crippen molar-refractivity contribution in [1.82, 2.24) is 0 Å². The Morgan fingerprint density at radius 1 is 0.769 bits per heavy atom. The fourth-order valence-corrected chi connectivity index (χ4v) is 4.09. The molecule has 154 valence electrons. The molecular weight excluding hydrogens is 392 g/mol. The monoisotopic (exact) mass is 418 g/mol. The first-order valence-electron chi connectivity index (χ1n) is 7.97. The summed E-state index contributed by atoms with van der Waals surface area (Å²) >= 11 is 0. The Morgan fingerprint density at radius 2 is 1.08 bits per heavy atom. The van der Waals surface area contributed by atoms with Gasteiger partial charge in [-0.3, -0.25) is 8.37 Å². The van der Waals surface area contributed by atoms with E-state index in [4.69, 9.17) is 27.3 Å². The first-order chi connectivity index (χ1) is 11.6. The van der Waals surface area contributed by atoms with Gasteiger partial charge in [-0.2, -0.15) is 16.8 Å². The maximum Gasteiger partial charge on any atom is 0.264 e. The molecule has 2 rings (SSSR count). The Kier molecular flexibility index (Phi) is 6.12. The SMILES string of the molecule is CC1(C)OCC(C(OS(C)(=O)=O)C(OS(C)(=O)=O)C2COC(C)(C)O2)O1. The molecule has 0 radical (unpaired) electrons. The summed E-state index contributed by atoms with van der Waals surface area (Å²) < 4.78 is 79.7. The van der Waals surface area contributed by atoms with E-state index >= 15 is 0 Å². The molecule has 2 aliphatic rings. The molecule has 0 aliphatic carbocycles. The summed E-state index contributed by atoms with van der Waals surface area (Å²) in [5.74, 6) is -1.96. The Labute approximate surface area is 154 Å². The van der Waals surface area contributed by atoms with Crippen molar-refractivity contribution in [2.45, 2.75) is 63.7 Å². The fraction of sp³-hybridized carbons (Fsp3) is 1.00. The molecule has 2 fully saturated rings. The van der Waals surface area contributed by atoms with Crippen molar-refractivity contribution in [2.75, 3.05) is 25.7 Å². The van der Waals surface area contributed by atoms with Crippen molar-refractivity contribution >= 4 is 20.2 Å². The highest BCUT2D eigenvalue weighted by molar-refractivity contribution is 7.86. The van der Waals surface area contributed by atoms with Gasteiger partial charge in [-0.1, -0.05) is 0 Å². The molecule has 0 aromatic heterocycles. The number of rotatable bonds is 7. The van der Waals surface area contributed by atoms with Crippen LogP contribution < -0.4 is 0 Å². The second kappa shape index (κ2) is 7.24.